The fraction of sp³-hybridized carbons (Fsp3) is 1.00. The first-order valence-electron chi connectivity index (χ1n) is 4.12. The quantitative estimate of drug-likeness (QED) is 0.613. The molecule has 0 bridgehead atoms. The Morgan fingerprint density at radius 1 is 1.36 bits per heavy atom. The van der Waals surface area contributed by atoms with E-state index in [-0.39, 0.29) is 5.60 Å². The van der Waals surface area contributed by atoms with Crippen molar-refractivity contribution < 1.29 is 9.57 Å². The van der Waals surface area contributed by atoms with E-state index in [1.54, 1.807) is 0 Å². The topological polar surface area (TPSA) is 44.5 Å². The first-order chi connectivity index (χ1) is 5.17. The lowest BCUT2D eigenvalue weighted by molar-refractivity contribution is -0.0930. The lowest BCUT2D eigenvalue weighted by Gasteiger charge is -2.34. The summed E-state index contributed by atoms with van der Waals surface area (Å²) in [7, 11) is 0. The summed E-state index contributed by atoms with van der Waals surface area (Å²) in [6.45, 7) is 5.75. The van der Waals surface area contributed by atoms with E-state index in [4.69, 9.17) is 15.5 Å². The first kappa shape index (κ1) is 8.97. The van der Waals surface area contributed by atoms with Crippen LogP contribution in [0.15, 0.2) is 0 Å². The van der Waals surface area contributed by atoms with Crippen LogP contribution in [0.4, 0.5) is 0 Å². The molecule has 66 valence electrons. The predicted octanol–water partition coefficient (Wildman–Crippen LogP) is 1.08. The summed E-state index contributed by atoms with van der Waals surface area (Å²) in [6.07, 6.45) is 2.12. The minimum absolute atomic E-state index is 0.191. The van der Waals surface area contributed by atoms with Gasteiger partial charge in [-0.05, 0) is 32.6 Å². The smallest absolute Gasteiger partial charge is 0.0867 e. The normalized spacial score (nSPS) is 22.1. The second-order valence-corrected chi connectivity index (χ2v) is 3.61. The fourth-order valence-electron chi connectivity index (χ4n) is 1.49. The molecule has 0 unspecified atom stereocenters. The zero-order valence-electron chi connectivity index (χ0n) is 7.30. The SMILES string of the molecule is CC(C)(ON)C1CCOCC1. The summed E-state index contributed by atoms with van der Waals surface area (Å²) in [4.78, 5) is 4.92. The van der Waals surface area contributed by atoms with Crippen molar-refractivity contribution in [2.75, 3.05) is 13.2 Å². The van der Waals surface area contributed by atoms with Gasteiger partial charge < -0.3 is 4.74 Å². The fourth-order valence-corrected chi connectivity index (χ4v) is 1.49. The molecule has 0 amide bonds. The lowest BCUT2D eigenvalue weighted by Crippen LogP contribution is -2.40. The molecule has 3 nitrogen and oxygen atoms in total. The largest absolute Gasteiger partial charge is 0.381 e. The molecule has 0 aromatic rings. The molecule has 1 aliphatic heterocycles. The second-order valence-electron chi connectivity index (χ2n) is 3.61. The Labute approximate surface area is 67.8 Å². The molecule has 1 aliphatic rings. The average Bonchev–Trinajstić information content (AvgIpc) is 2.06. The van der Waals surface area contributed by atoms with Gasteiger partial charge in [-0.1, -0.05) is 0 Å². The van der Waals surface area contributed by atoms with Crippen molar-refractivity contribution in [3.63, 3.8) is 0 Å². The van der Waals surface area contributed by atoms with Gasteiger partial charge in [-0.15, -0.1) is 0 Å². The minimum atomic E-state index is -0.191. The van der Waals surface area contributed by atoms with Crippen LogP contribution in [0.3, 0.4) is 0 Å². The molecular formula is C8H17NO2. The van der Waals surface area contributed by atoms with Gasteiger partial charge in [-0.25, -0.2) is 5.90 Å². The van der Waals surface area contributed by atoms with Crippen molar-refractivity contribution in [3.8, 4) is 0 Å². The Balaban J connectivity index is 2.43. The Kier molecular flexibility index (Phi) is 2.87. The zero-order chi connectivity index (χ0) is 8.32. The van der Waals surface area contributed by atoms with Gasteiger partial charge in [0.2, 0.25) is 0 Å². The molecule has 2 N–H and O–H groups in total. The third-order valence-electron chi connectivity index (χ3n) is 2.51. The maximum Gasteiger partial charge on any atom is 0.0867 e. The van der Waals surface area contributed by atoms with E-state index >= 15 is 0 Å². The second kappa shape index (κ2) is 3.52. The summed E-state index contributed by atoms with van der Waals surface area (Å²) in [6, 6.07) is 0. The molecule has 0 spiro atoms. The summed E-state index contributed by atoms with van der Waals surface area (Å²) >= 11 is 0. The molecule has 0 aliphatic carbocycles. The van der Waals surface area contributed by atoms with E-state index in [1.807, 2.05) is 13.8 Å². The van der Waals surface area contributed by atoms with Crippen molar-refractivity contribution in [3.05, 3.63) is 0 Å². The van der Waals surface area contributed by atoms with Crippen LogP contribution in [0.5, 0.6) is 0 Å². The molecule has 1 rings (SSSR count). The number of rotatable bonds is 2. The van der Waals surface area contributed by atoms with Gasteiger partial charge in [-0.3, -0.25) is 4.84 Å². The van der Waals surface area contributed by atoms with Crippen molar-refractivity contribution >= 4 is 0 Å². The van der Waals surface area contributed by atoms with Crippen LogP contribution in [-0.4, -0.2) is 18.8 Å². The van der Waals surface area contributed by atoms with E-state index in [0.717, 1.165) is 26.1 Å². The van der Waals surface area contributed by atoms with Crippen LogP contribution in [0.2, 0.25) is 0 Å². The Bertz CT molecular complexity index is 119. The predicted molar refractivity (Wildman–Crippen MR) is 42.9 cm³/mol. The van der Waals surface area contributed by atoms with E-state index in [0.29, 0.717) is 5.92 Å². The van der Waals surface area contributed by atoms with Gasteiger partial charge in [0.25, 0.3) is 0 Å². The zero-order valence-corrected chi connectivity index (χ0v) is 7.30. The Hall–Kier alpha value is -0.120. The van der Waals surface area contributed by atoms with Gasteiger partial charge in [-0.2, -0.15) is 0 Å². The number of nitrogens with two attached hydrogens (primary N) is 1. The summed E-state index contributed by atoms with van der Waals surface area (Å²) in [5.41, 5.74) is -0.191. The first-order valence-corrected chi connectivity index (χ1v) is 4.12. The Morgan fingerprint density at radius 2 is 1.91 bits per heavy atom. The van der Waals surface area contributed by atoms with Gasteiger partial charge in [0, 0.05) is 13.2 Å². The molecule has 0 radical (unpaired) electrons. The van der Waals surface area contributed by atoms with Gasteiger partial charge >= 0.3 is 0 Å². The molecule has 0 atom stereocenters. The standard InChI is InChI=1S/C8H17NO2/c1-8(2,11-9)7-3-5-10-6-4-7/h7H,3-6,9H2,1-2H3. The van der Waals surface area contributed by atoms with Crippen molar-refractivity contribution in [2.24, 2.45) is 11.8 Å². The van der Waals surface area contributed by atoms with E-state index in [2.05, 4.69) is 0 Å². The van der Waals surface area contributed by atoms with E-state index < -0.39 is 0 Å². The molecule has 1 saturated heterocycles. The molecule has 1 heterocycles. The van der Waals surface area contributed by atoms with Gasteiger partial charge in [0.05, 0.1) is 5.60 Å². The van der Waals surface area contributed by atoms with Gasteiger partial charge in [0.15, 0.2) is 0 Å². The monoisotopic (exact) mass is 159 g/mol. The highest BCUT2D eigenvalue weighted by molar-refractivity contribution is 4.80. The van der Waals surface area contributed by atoms with Crippen LogP contribution < -0.4 is 5.90 Å². The minimum Gasteiger partial charge on any atom is -0.381 e. The maximum atomic E-state index is 5.24. The molecule has 11 heavy (non-hydrogen) atoms. The highest BCUT2D eigenvalue weighted by Gasteiger charge is 2.31. The number of hydrogen-bond donors (Lipinski definition) is 1. The molecular weight excluding hydrogens is 142 g/mol. The van der Waals surface area contributed by atoms with Crippen LogP contribution in [0, 0.1) is 5.92 Å². The summed E-state index contributed by atoms with van der Waals surface area (Å²) < 4.78 is 5.24. The Morgan fingerprint density at radius 3 is 2.36 bits per heavy atom. The van der Waals surface area contributed by atoms with Crippen LogP contribution in [0.1, 0.15) is 26.7 Å². The number of hydrogen-bond acceptors (Lipinski definition) is 3. The average molecular weight is 159 g/mol. The van der Waals surface area contributed by atoms with Crippen LogP contribution in [0.25, 0.3) is 0 Å². The third-order valence-corrected chi connectivity index (χ3v) is 2.51. The summed E-state index contributed by atoms with van der Waals surface area (Å²) in [5.74, 6) is 5.74. The van der Waals surface area contributed by atoms with Crippen molar-refractivity contribution in [2.45, 2.75) is 32.3 Å². The van der Waals surface area contributed by atoms with Crippen molar-refractivity contribution in [1.29, 1.82) is 0 Å². The lowest BCUT2D eigenvalue weighted by atomic mass is 9.85. The molecule has 0 aromatic carbocycles. The molecule has 1 fully saturated rings. The third kappa shape index (κ3) is 2.15. The maximum absolute atomic E-state index is 5.24. The van der Waals surface area contributed by atoms with Gasteiger partial charge in [0.1, 0.15) is 0 Å². The molecule has 0 saturated carbocycles. The summed E-state index contributed by atoms with van der Waals surface area (Å²) in [5, 5.41) is 0. The van der Waals surface area contributed by atoms with Crippen LogP contribution >= 0.6 is 0 Å². The van der Waals surface area contributed by atoms with E-state index in [1.165, 1.54) is 0 Å². The van der Waals surface area contributed by atoms with Crippen molar-refractivity contribution in [1.82, 2.24) is 0 Å². The molecule has 0 aromatic heterocycles. The number of ether oxygens (including phenoxy) is 1. The van der Waals surface area contributed by atoms with Crippen LogP contribution in [-0.2, 0) is 9.57 Å². The molecule has 3 heteroatoms. The highest BCUT2D eigenvalue weighted by atomic mass is 16.6. The van der Waals surface area contributed by atoms with E-state index in [9.17, 15) is 0 Å². The highest BCUT2D eigenvalue weighted by Crippen LogP contribution is 2.28.